The standard InChI is InChI=1S/C21H25Cl2N3OS/c22-18-7-2-1-6-17(18)16-26(11-5-10-25-12-14-27-15-13-25)21(28)24-20-9-4-3-8-19(20)23/h1-4,6-9H,5,10-16H2,(H,24,28). The van der Waals surface area contributed by atoms with Crippen LogP contribution in [-0.2, 0) is 11.3 Å². The van der Waals surface area contributed by atoms with Crippen molar-refractivity contribution in [3.05, 3.63) is 64.1 Å². The van der Waals surface area contributed by atoms with Gasteiger partial charge in [0.15, 0.2) is 5.11 Å². The summed E-state index contributed by atoms with van der Waals surface area (Å²) in [6.45, 7) is 6.13. The van der Waals surface area contributed by atoms with Gasteiger partial charge in [-0.1, -0.05) is 53.5 Å². The van der Waals surface area contributed by atoms with Crippen LogP contribution in [0.15, 0.2) is 48.5 Å². The second-order valence-corrected chi connectivity index (χ2v) is 7.93. The van der Waals surface area contributed by atoms with Gasteiger partial charge in [-0.3, -0.25) is 4.90 Å². The second kappa shape index (κ2) is 11.0. The molecule has 7 heteroatoms. The van der Waals surface area contributed by atoms with Crippen LogP contribution >= 0.6 is 35.4 Å². The van der Waals surface area contributed by atoms with Crippen molar-refractivity contribution in [1.82, 2.24) is 9.80 Å². The predicted octanol–water partition coefficient (Wildman–Crippen LogP) is 4.91. The molecule has 1 fully saturated rings. The first kappa shape index (κ1) is 21.3. The fraction of sp³-hybridized carbons (Fsp3) is 0.381. The van der Waals surface area contributed by atoms with Crippen molar-refractivity contribution in [2.45, 2.75) is 13.0 Å². The van der Waals surface area contributed by atoms with Crippen LogP contribution in [0.2, 0.25) is 10.0 Å². The lowest BCUT2D eigenvalue weighted by atomic mass is 10.2. The molecule has 28 heavy (non-hydrogen) atoms. The Bertz CT molecular complexity index is 784. The Labute approximate surface area is 182 Å². The van der Waals surface area contributed by atoms with Gasteiger partial charge in [0.2, 0.25) is 0 Å². The van der Waals surface area contributed by atoms with Crippen LogP contribution < -0.4 is 5.32 Å². The molecular weight excluding hydrogens is 413 g/mol. The highest BCUT2D eigenvalue weighted by atomic mass is 35.5. The normalized spacial score (nSPS) is 14.6. The number of para-hydroxylation sites is 1. The maximum Gasteiger partial charge on any atom is 0.173 e. The highest BCUT2D eigenvalue weighted by molar-refractivity contribution is 7.80. The van der Waals surface area contributed by atoms with Crippen molar-refractivity contribution in [1.29, 1.82) is 0 Å². The number of nitrogens with one attached hydrogen (secondary N) is 1. The largest absolute Gasteiger partial charge is 0.379 e. The van der Waals surface area contributed by atoms with E-state index in [1.54, 1.807) is 0 Å². The van der Waals surface area contributed by atoms with Crippen molar-refractivity contribution in [3.8, 4) is 0 Å². The summed E-state index contributed by atoms with van der Waals surface area (Å²) in [4.78, 5) is 4.59. The lowest BCUT2D eigenvalue weighted by molar-refractivity contribution is 0.0368. The van der Waals surface area contributed by atoms with E-state index in [0.29, 0.717) is 16.7 Å². The number of anilines is 1. The minimum atomic E-state index is 0.648. The van der Waals surface area contributed by atoms with E-state index in [2.05, 4.69) is 15.1 Å². The molecule has 150 valence electrons. The second-order valence-electron chi connectivity index (χ2n) is 6.73. The van der Waals surface area contributed by atoms with Crippen LogP contribution in [0.4, 0.5) is 5.69 Å². The number of nitrogens with zero attached hydrogens (tertiary/aromatic N) is 2. The molecule has 1 N–H and O–H groups in total. The van der Waals surface area contributed by atoms with Crippen molar-refractivity contribution in [2.75, 3.05) is 44.7 Å². The number of benzene rings is 2. The summed E-state index contributed by atoms with van der Waals surface area (Å²) >= 11 is 18.4. The first-order valence-corrected chi connectivity index (χ1v) is 10.6. The first-order valence-electron chi connectivity index (χ1n) is 9.47. The third-order valence-corrected chi connectivity index (χ3v) is 5.79. The average Bonchev–Trinajstić information content (AvgIpc) is 2.71. The van der Waals surface area contributed by atoms with Gasteiger partial charge in [0.25, 0.3) is 0 Å². The minimum absolute atomic E-state index is 0.648. The summed E-state index contributed by atoms with van der Waals surface area (Å²) in [5.74, 6) is 0. The predicted molar refractivity (Wildman–Crippen MR) is 121 cm³/mol. The molecule has 1 heterocycles. The zero-order valence-electron chi connectivity index (χ0n) is 15.7. The Kier molecular flexibility index (Phi) is 8.37. The van der Waals surface area contributed by atoms with Crippen molar-refractivity contribution in [2.24, 2.45) is 0 Å². The van der Waals surface area contributed by atoms with E-state index in [1.165, 1.54) is 0 Å². The quantitative estimate of drug-likeness (QED) is 0.620. The Hall–Kier alpha value is -1.37. The van der Waals surface area contributed by atoms with Gasteiger partial charge in [-0.25, -0.2) is 0 Å². The number of thiocarbonyl (C=S) groups is 1. The highest BCUT2D eigenvalue weighted by Crippen LogP contribution is 2.22. The number of hydrogen-bond donors (Lipinski definition) is 1. The molecular formula is C21H25Cl2N3OS. The van der Waals surface area contributed by atoms with Crippen LogP contribution in [0.25, 0.3) is 0 Å². The van der Waals surface area contributed by atoms with Gasteiger partial charge in [0.1, 0.15) is 0 Å². The lowest BCUT2D eigenvalue weighted by Crippen LogP contribution is -2.40. The summed E-state index contributed by atoms with van der Waals surface area (Å²) in [5.41, 5.74) is 1.87. The Morgan fingerprint density at radius 3 is 2.43 bits per heavy atom. The van der Waals surface area contributed by atoms with E-state index >= 15 is 0 Å². The fourth-order valence-electron chi connectivity index (χ4n) is 3.15. The van der Waals surface area contributed by atoms with Gasteiger partial charge in [-0.15, -0.1) is 0 Å². The van der Waals surface area contributed by atoms with Crippen LogP contribution in [0.3, 0.4) is 0 Å². The Morgan fingerprint density at radius 1 is 1.04 bits per heavy atom. The number of morpholine rings is 1. The summed E-state index contributed by atoms with van der Waals surface area (Å²) in [6, 6.07) is 15.5. The zero-order valence-corrected chi connectivity index (χ0v) is 18.1. The Morgan fingerprint density at radius 2 is 1.71 bits per heavy atom. The third kappa shape index (κ3) is 6.33. The van der Waals surface area contributed by atoms with Crippen LogP contribution in [-0.4, -0.2) is 54.3 Å². The molecule has 0 aliphatic carbocycles. The molecule has 2 aromatic rings. The highest BCUT2D eigenvalue weighted by Gasteiger charge is 2.15. The van der Waals surface area contributed by atoms with E-state index in [9.17, 15) is 0 Å². The molecule has 1 aliphatic heterocycles. The van der Waals surface area contributed by atoms with E-state index in [0.717, 1.165) is 62.1 Å². The molecule has 0 radical (unpaired) electrons. The Balaban J connectivity index is 1.65. The van der Waals surface area contributed by atoms with E-state index in [4.69, 9.17) is 40.2 Å². The summed E-state index contributed by atoms with van der Waals surface area (Å²) in [6.07, 6.45) is 1.01. The van der Waals surface area contributed by atoms with Crippen molar-refractivity contribution >= 4 is 46.2 Å². The van der Waals surface area contributed by atoms with E-state index < -0.39 is 0 Å². The summed E-state index contributed by atoms with van der Waals surface area (Å²) < 4.78 is 5.43. The van der Waals surface area contributed by atoms with Gasteiger partial charge in [-0.2, -0.15) is 0 Å². The first-order chi connectivity index (χ1) is 13.6. The van der Waals surface area contributed by atoms with Gasteiger partial charge in [0.05, 0.1) is 23.9 Å². The van der Waals surface area contributed by atoms with Gasteiger partial charge >= 0.3 is 0 Å². The van der Waals surface area contributed by atoms with Crippen LogP contribution in [0.1, 0.15) is 12.0 Å². The molecule has 2 aromatic carbocycles. The van der Waals surface area contributed by atoms with Crippen LogP contribution in [0, 0.1) is 0 Å². The summed E-state index contributed by atoms with van der Waals surface area (Å²) in [7, 11) is 0. The smallest absolute Gasteiger partial charge is 0.173 e. The third-order valence-electron chi connectivity index (χ3n) is 4.73. The number of hydrogen-bond acceptors (Lipinski definition) is 3. The fourth-order valence-corrected chi connectivity index (χ4v) is 3.80. The molecule has 1 saturated heterocycles. The summed E-state index contributed by atoms with van der Waals surface area (Å²) in [5, 5.41) is 5.34. The molecule has 0 unspecified atom stereocenters. The maximum absolute atomic E-state index is 6.38. The molecule has 0 atom stereocenters. The van der Waals surface area contributed by atoms with Gasteiger partial charge in [-0.05, 0) is 42.4 Å². The minimum Gasteiger partial charge on any atom is -0.379 e. The monoisotopic (exact) mass is 437 g/mol. The average molecular weight is 438 g/mol. The molecule has 0 spiro atoms. The molecule has 0 aromatic heterocycles. The zero-order chi connectivity index (χ0) is 19.8. The topological polar surface area (TPSA) is 27.7 Å². The van der Waals surface area contributed by atoms with Gasteiger partial charge < -0.3 is 15.0 Å². The van der Waals surface area contributed by atoms with E-state index in [1.807, 2.05) is 48.5 Å². The maximum atomic E-state index is 6.38. The SMILES string of the molecule is S=C(Nc1ccccc1Cl)N(CCCN1CCOCC1)Cc1ccccc1Cl. The molecule has 3 rings (SSSR count). The molecule has 0 bridgehead atoms. The molecule has 0 saturated carbocycles. The lowest BCUT2D eigenvalue weighted by Gasteiger charge is -2.30. The van der Waals surface area contributed by atoms with Crippen molar-refractivity contribution < 1.29 is 4.74 Å². The number of ether oxygens (including phenoxy) is 1. The van der Waals surface area contributed by atoms with Gasteiger partial charge in [0, 0.05) is 37.7 Å². The molecule has 0 amide bonds. The van der Waals surface area contributed by atoms with Crippen molar-refractivity contribution in [3.63, 3.8) is 0 Å². The molecule has 4 nitrogen and oxygen atoms in total. The van der Waals surface area contributed by atoms with E-state index in [-0.39, 0.29) is 0 Å². The number of rotatable bonds is 7. The molecule has 1 aliphatic rings. The van der Waals surface area contributed by atoms with Crippen LogP contribution in [0.5, 0.6) is 0 Å². The number of halogens is 2.